The van der Waals surface area contributed by atoms with Crippen molar-refractivity contribution in [2.24, 2.45) is 5.73 Å². The number of hydrogen-bond donors (Lipinski definition) is 1. The van der Waals surface area contributed by atoms with Crippen LogP contribution in [0.15, 0.2) is 18.2 Å². The minimum Gasteiger partial charge on any atom is -0.487 e. The molecule has 2 atom stereocenters. The van der Waals surface area contributed by atoms with Crippen molar-refractivity contribution in [1.29, 1.82) is 0 Å². The van der Waals surface area contributed by atoms with Crippen LogP contribution in [0.3, 0.4) is 0 Å². The second kappa shape index (κ2) is 6.56. The first kappa shape index (κ1) is 14.6. The lowest BCUT2D eigenvalue weighted by Gasteiger charge is -2.27. The summed E-state index contributed by atoms with van der Waals surface area (Å²) >= 11 is 0. The normalized spacial score (nSPS) is 22.3. The molecule has 2 rings (SSSR count). The Morgan fingerprint density at radius 3 is 2.80 bits per heavy atom. The molecule has 2 N–H and O–H groups in total. The number of nitrogens with two attached hydrogens (primary N) is 1. The molecule has 0 amide bonds. The Bertz CT molecular complexity index is 478. The van der Waals surface area contributed by atoms with E-state index in [1.54, 1.807) is 25.1 Å². The lowest BCUT2D eigenvalue weighted by molar-refractivity contribution is -0.387. The summed E-state index contributed by atoms with van der Waals surface area (Å²) in [5.41, 5.74) is 5.81. The molecule has 110 valence electrons. The maximum atomic E-state index is 11.2. The monoisotopic (exact) mass is 280 g/mol. The van der Waals surface area contributed by atoms with Gasteiger partial charge in [0.15, 0.2) is 0 Å². The standard InChI is InChI=1S/C14H20N2O4/c1-2-19-12-7-4-8-13(14(12)16(17)18)20-11-6-3-5-10(15)9-11/h4,7-8,10-11H,2-3,5-6,9,15H2,1H3. The summed E-state index contributed by atoms with van der Waals surface area (Å²) < 4.78 is 11.1. The van der Waals surface area contributed by atoms with Crippen molar-refractivity contribution in [2.75, 3.05) is 6.61 Å². The zero-order valence-electron chi connectivity index (χ0n) is 11.6. The highest BCUT2D eigenvalue weighted by molar-refractivity contribution is 5.57. The minimum absolute atomic E-state index is 0.0608. The van der Waals surface area contributed by atoms with Gasteiger partial charge in [-0.2, -0.15) is 0 Å². The predicted octanol–water partition coefficient (Wildman–Crippen LogP) is 2.64. The van der Waals surface area contributed by atoms with Gasteiger partial charge >= 0.3 is 5.69 Å². The van der Waals surface area contributed by atoms with Gasteiger partial charge in [-0.05, 0) is 44.7 Å². The molecule has 1 aromatic carbocycles. The number of nitro groups is 1. The van der Waals surface area contributed by atoms with Gasteiger partial charge in [-0.1, -0.05) is 6.07 Å². The molecule has 1 aliphatic carbocycles. The van der Waals surface area contributed by atoms with E-state index in [2.05, 4.69) is 0 Å². The smallest absolute Gasteiger partial charge is 0.352 e. The molecule has 1 saturated carbocycles. The highest BCUT2D eigenvalue weighted by Gasteiger charge is 2.27. The van der Waals surface area contributed by atoms with E-state index in [4.69, 9.17) is 15.2 Å². The summed E-state index contributed by atoms with van der Waals surface area (Å²) in [7, 11) is 0. The molecule has 0 radical (unpaired) electrons. The van der Waals surface area contributed by atoms with E-state index < -0.39 is 4.92 Å². The van der Waals surface area contributed by atoms with Gasteiger partial charge in [-0.3, -0.25) is 10.1 Å². The fraction of sp³-hybridized carbons (Fsp3) is 0.571. The van der Waals surface area contributed by atoms with Crippen LogP contribution in [0.2, 0.25) is 0 Å². The molecule has 0 aromatic heterocycles. The highest BCUT2D eigenvalue weighted by Crippen LogP contribution is 2.38. The fourth-order valence-electron chi connectivity index (χ4n) is 2.52. The molecule has 1 fully saturated rings. The quantitative estimate of drug-likeness (QED) is 0.661. The molecule has 1 aliphatic rings. The third kappa shape index (κ3) is 3.39. The molecule has 20 heavy (non-hydrogen) atoms. The molecule has 0 saturated heterocycles. The zero-order chi connectivity index (χ0) is 14.5. The summed E-state index contributed by atoms with van der Waals surface area (Å²) in [6.45, 7) is 2.16. The first-order valence-corrected chi connectivity index (χ1v) is 6.94. The second-order valence-electron chi connectivity index (χ2n) is 4.96. The lowest BCUT2D eigenvalue weighted by atomic mass is 9.93. The van der Waals surface area contributed by atoms with Crippen molar-refractivity contribution in [3.63, 3.8) is 0 Å². The van der Waals surface area contributed by atoms with Crippen molar-refractivity contribution < 1.29 is 14.4 Å². The van der Waals surface area contributed by atoms with Crippen LogP contribution in [0.4, 0.5) is 5.69 Å². The molecule has 0 bridgehead atoms. The molecule has 1 aromatic rings. The number of para-hydroxylation sites is 1. The van der Waals surface area contributed by atoms with Gasteiger partial charge in [0.1, 0.15) is 6.10 Å². The molecular weight excluding hydrogens is 260 g/mol. The van der Waals surface area contributed by atoms with Gasteiger partial charge in [0, 0.05) is 6.04 Å². The number of rotatable bonds is 5. The van der Waals surface area contributed by atoms with E-state index >= 15 is 0 Å². The Balaban J connectivity index is 2.21. The van der Waals surface area contributed by atoms with E-state index in [0.29, 0.717) is 6.61 Å². The molecule has 0 spiro atoms. The van der Waals surface area contributed by atoms with E-state index in [0.717, 1.165) is 25.7 Å². The number of benzene rings is 1. The van der Waals surface area contributed by atoms with E-state index in [1.807, 2.05) is 0 Å². The van der Waals surface area contributed by atoms with E-state index in [1.165, 1.54) is 0 Å². The summed E-state index contributed by atoms with van der Waals surface area (Å²) in [4.78, 5) is 10.8. The van der Waals surface area contributed by atoms with Gasteiger partial charge < -0.3 is 15.2 Å². The van der Waals surface area contributed by atoms with Crippen molar-refractivity contribution in [2.45, 2.75) is 44.8 Å². The predicted molar refractivity (Wildman–Crippen MR) is 75.1 cm³/mol. The third-order valence-corrected chi connectivity index (χ3v) is 3.40. The SMILES string of the molecule is CCOc1cccc(OC2CCCC(N)C2)c1[N+](=O)[O-]. The van der Waals surface area contributed by atoms with Crippen LogP contribution in [0.5, 0.6) is 11.5 Å². The third-order valence-electron chi connectivity index (χ3n) is 3.40. The van der Waals surface area contributed by atoms with Crippen molar-refractivity contribution >= 4 is 5.69 Å². The maximum Gasteiger partial charge on any atom is 0.352 e. The van der Waals surface area contributed by atoms with Gasteiger partial charge in [0.2, 0.25) is 11.5 Å². The molecule has 0 heterocycles. The van der Waals surface area contributed by atoms with Gasteiger partial charge in [0.25, 0.3) is 0 Å². The minimum atomic E-state index is -0.455. The largest absolute Gasteiger partial charge is 0.487 e. The van der Waals surface area contributed by atoms with Crippen LogP contribution in [-0.2, 0) is 0 Å². The van der Waals surface area contributed by atoms with E-state index in [9.17, 15) is 10.1 Å². The van der Waals surface area contributed by atoms with Gasteiger partial charge in [0.05, 0.1) is 11.5 Å². The summed E-state index contributed by atoms with van der Waals surface area (Å²) in [5, 5.41) is 11.2. The van der Waals surface area contributed by atoms with E-state index in [-0.39, 0.29) is 29.3 Å². The van der Waals surface area contributed by atoms with Crippen LogP contribution >= 0.6 is 0 Å². The Hall–Kier alpha value is -1.82. The van der Waals surface area contributed by atoms with Crippen LogP contribution in [0.1, 0.15) is 32.6 Å². The van der Waals surface area contributed by atoms with Crippen LogP contribution < -0.4 is 15.2 Å². The molecule has 2 unspecified atom stereocenters. The second-order valence-corrected chi connectivity index (χ2v) is 4.96. The Morgan fingerprint density at radius 2 is 2.15 bits per heavy atom. The number of hydrogen-bond acceptors (Lipinski definition) is 5. The highest BCUT2D eigenvalue weighted by atomic mass is 16.6. The number of nitrogens with zero attached hydrogens (tertiary/aromatic N) is 1. The van der Waals surface area contributed by atoms with Crippen molar-refractivity contribution in [1.82, 2.24) is 0 Å². The Labute approximate surface area is 118 Å². The number of ether oxygens (including phenoxy) is 2. The fourth-order valence-corrected chi connectivity index (χ4v) is 2.52. The topological polar surface area (TPSA) is 87.6 Å². The van der Waals surface area contributed by atoms with Gasteiger partial charge in [-0.15, -0.1) is 0 Å². The number of nitro benzene ring substituents is 1. The van der Waals surface area contributed by atoms with Crippen molar-refractivity contribution in [3.8, 4) is 11.5 Å². The Kier molecular flexibility index (Phi) is 4.79. The average molecular weight is 280 g/mol. The van der Waals surface area contributed by atoms with Crippen molar-refractivity contribution in [3.05, 3.63) is 28.3 Å². The molecule has 0 aliphatic heterocycles. The average Bonchev–Trinajstić information content (AvgIpc) is 2.39. The summed E-state index contributed by atoms with van der Waals surface area (Å²) in [6.07, 6.45) is 3.53. The summed E-state index contributed by atoms with van der Waals surface area (Å²) in [6, 6.07) is 5.01. The first-order chi connectivity index (χ1) is 9.61. The van der Waals surface area contributed by atoms with Crippen LogP contribution in [-0.4, -0.2) is 23.7 Å². The molecular formula is C14H20N2O4. The first-order valence-electron chi connectivity index (χ1n) is 6.94. The van der Waals surface area contributed by atoms with Crippen LogP contribution in [0, 0.1) is 10.1 Å². The van der Waals surface area contributed by atoms with Gasteiger partial charge in [-0.25, -0.2) is 0 Å². The molecule has 6 nitrogen and oxygen atoms in total. The molecule has 6 heteroatoms. The zero-order valence-corrected chi connectivity index (χ0v) is 11.6. The lowest BCUT2D eigenvalue weighted by Crippen LogP contribution is -2.33. The summed E-state index contributed by atoms with van der Waals surface area (Å²) in [5.74, 6) is 0.509. The Morgan fingerprint density at radius 1 is 1.40 bits per heavy atom. The van der Waals surface area contributed by atoms with Crippen LogP contribution in [0.25, 0.3) is 0 Å². The maximum absolute atomic E-state index is 11.2.